The summed E-state index contributed by atoms with van der Waals surface area (Å²) >= 11 is 0. The predicted molar refractivity (Wildman–Crippen MR) is 110 cm³/mol. The van der Waals surface area contributed by atoms with Crippen LogP contribution in [0.15, 0.2) is 44.3 Å². The molecular formula is C23H24N2O4. The van der Waals surface area contributed by atoms with Gasteiger partial charge in [-0.05, 0) is 43.9 Å². The zero-order valence-electron chi connectivity index (χ0n) is 16.6. The number of hydrogen-bond donors (Lipinski definition) is 1. The van der Waals surface area contributed by atoms with Crippen LogP contribution in [0.3, 0.4) is 0 Å². The van der Waals surface area contributed by atoms with Crippen molar-refractivity contribution in [3.63, 3.8) is 0 Å². The molecule has 6 heteroatoms. The fourth-order valence-corrected chi connectivity index (χ4v) is 5.15. The maximum Gasteiger partial charge on any atom is 0.336 e. The molecule has 1 fully saturated rings. The van der Waals surface area contributed by atoms with Gasteiger partial charge in [-0.15, -0.1) is 0 Å². The van der Waals surface area contributed by atoms with Gasteiger partial charge in [-0.3, -0.25) is 9.69 Å². The van der Waals surface area contributed by atoms with Crippen LogP contribution in [-0.4, -0.2) is 27.7 Å². The fraction of sp³-hybridized carbons (Fsp3) is 0.391. The minimum Gasteiger partial charge on any atom is -0.507 e. The van der Waals surface area contributed by atoms with Crippen molar-refractivity contribution in [3.8, 4) is 5.75 Å². The van der Waals surface area contributed by atoms with E-state index in [1.54, 1.807) is 13.0 Å². The van der Waals surface area contributed by atoms with Crippen molar-refractivity contribution in [2.24, 2.45) is 5.92 Å². The third kappa shape index (κ3) is 2.99. The monoisotopic (exact) mass is 392 g/mol. The zero-order valence-corrected chi connectivity index (χ0v) is 16.6. The van der Waals surface area contributed by atoms with E-state index in [1.807, 2.05) is 23.6 Å². The Bertz CT molecular complexity index is 1240. The highest BCUT2D eigenvalue weighted by molar-refractivity contribution is 5.86. The predicted octanol–water partition coefficient (Wildman–Crippen LogP) is 2.90. The molecule has 2 atom stereocenters. The summed E-state index contributed by atoms with van der Waals surface area (Å²) in [6, 6.07) is 8.98. The highest BCUT2D eigenvalue weighted by atomic mass is 16.4. The quantitative estimate of drug-likeness (QED) is 0.679. The van der Waals surface area contributed by atoms with Crippen LogP contribution in [0.25, 0.3) is 11.0 Å². The van der Waals surface area contributed by atoms with E-state index in [0.29, 0.717) is 29.5 Å². The first-order valence-electron chi connectivity index (χ1n) is 10.1. The van der Waals surface area contributed by atoms with E-state index in [2.05, 4.69) is 11.0 Å². The van der Waals surface area contributed by atoms with E-state index in [1.165, 1.54) is 6.07 Å². The van der Waals surface area contributed by atoms with Gasteiger partial charge in [0, 0.05) is 66.4 Å². The molecule has 4 heterocycles. The second kappa shape index (κ2) is 6.59. The summed E-state index contributed by atoms with van der Waals surface area (Å²) in [5.74, 6) is 0.961. The maximum atomic E-state index is 12.2. The van der Waals surface area contributed by atoms with E-state index < -0.39 is 5.63 Å². The summed E-state index contributed by atoms with van der Waals surface area (Å²) in [5.41, 5.74) is 3.57. The Morgan fingerprint density at radius 3 is 2.79 bits per heavy atom. The Kier molecular flexibility index (Phi) is 4.13. The van der Waals surface area contributed by atoms with Crippen LogP contribution in [0, 0.1) is 19.8 Å². The lowest BCUT2D eigenvalue weighted by Crippen LogP contribution is -2.46. The molecule has 0 saturated carbocycles. The van der Waals surface area contributed by atoms with Crippen molar-refractivity contribution in [2.45, 2.75) is 39.3 Å². The number of aryl methyl sites for hydroxylation is 2. The lowest BCUT2D eigenvalue weighted by molar-refractivity contribution is 0.113. The largest absolute Gasteiger partial charge is 0.507 e. The first-order valence-corrected chi connectivity index (χ1v) is 10.1. The lowest BCUT2D eigenvalue weighted by Gasteiger charge is -2.42. The third-order valence-corrected chi connectivity index (χ3v) is 6.47. The molecule has 2 aliphatic heterocycles. The van der Waals surface area contributed by atoms with Crippen LogP contribution in [0.2, 0.25) is 0 Å². The van der Waals surface area contributed by atoms with Crippen molar-refractivity contribution in [3.05, 3.63) is 73.5 Å². The fourth-order valence-electron chi connectivity index (χ4n) is 5.15. The van der Waals surface area contributed by atoms with E-state index >= 15 is 0 Å². The normalized spacial score (nSPS) is 21.3. The molecule has 2 aromatic heterocycles. The number of hydrogen-bond acceptors (Lipinski definition) is 5. The first-order chi connectivity index (χ1) is 13.9. The van der Waals surface area contributed by atoms with Gasteiger partial charge in [-0.2, -0.15) is 0 Å². The van der Waals surface area contributed by atoms with Gasteiger partial charge in [-0.25, -0.2) is 4.79 Å². The average Bonchev–Trinajstić information content (AvgIpc) is 2.68. The van der Waals surface area contributed by atoms with Gasteiger partial charge in [0.1, 0.15) is 11.3 Å². The second-order valence-electron chi connectivity index (χ2n) is 8.53. The summed E-state index contributed by atoms with van der Waals surface area (Å²) in [7, 11) is 0. The molecule has 6 nitrogen and oxygen atoms in total. The Morgan fingerprint density at radius 2 is 1.97 bits per heavy atom. The van der Waals surface area contributed by atoms with Crippen molar-refractivity contribution >= 4 is 11.0 Å². The van der Waals surface area contributed by atoms with Crippen LogP contribution in [-0.2, 0) is 13.1 Å². The van der Waals surface area contributed by atoms with Crippen molar-refractivity contribution in [1.29, 1.82) is 0 Å². The smallest absolute Gasteiger partial charge is 0.336 e. The molecule has 150 valence electrons. The molecule has 0 spiro atoms. The van der Waals surface area contributed by atoms with Gasteiger partial charge in [0.05, 0.1) is 0 Å². The Balaban J connectivity index is 1.49. The number of phenolic OH excluding ortho intramolecular Hbond substituents is 1. The molecule has 0 amide bonds. The number of rotatable bonds is 2. The van der Waals surface area contributed by atoms with E-state index in [-0.39, 0.29) is 11.3 Å². The molecular weight excluding hydrogens is 368 g/mol. The molecule has 5 rings (SSSR count). The number of pyridine rings is 1. The number of fused-ring (bicyclic) bond motifs is 5. The second-order valence-corrected chi connectivity index (χ2v) is 8.53. The number of likely N-dealkylation sites (tertiary alicyclic amines) is 1. The van der Waals surface area contributed by atoms with E-state index in [0.717, 1.165) is 48.3 Å². The molecule has 0 radical (unpaired) electrons. The van der Waals surface area contributed by atoms with Crippen molar-refractivity contribution in [1.82, 2.24) is 9.47 Å². The molecule has 3 aromatic rings. The standard InChI is InChI=1S/C23H24N2O4/c1-13-6-21(27)29-23-14(2)22(28)17(8-18(13)23)12-24-9-15-7-16(11-24)19-4-3-5-20(26)25(19)10-15/h3-6,8,15-16,28H,7,9-12H2,1-2H3. The molecule has 2 aliphatic rings. The van der Waals surface area contributed by atoms with Crippen LogP contribution >= 0.6 is 0 Å². The summed E-state index contributed by atoms with van der Waals surface area (Å²) in [4.78, 5) is 26.3. The van der Waals surface area contributed by atoms with Crippen LogP contribution in [0.5, 0.6) is 5.75 Å². The number of nitrogens with zero attached hydrogens (tertiary/aromatic N) is 2. The van der Waals surface area contributed by atoms with Gasteiger partial charge in [-0.1, -0.05) is 6.07 Å². The summed E-state index contributed by atoms with van der Waals surface area (Å²) in [6.45, 7) is 6.83. The molecule has 1 saturated heterocycles. The van der Waals surface area contributed by atoms with Crippen LogP contribution in [0.4, 0.5) is 0 Å². The van der Waals surface area contributed by atoms with Crippen LogP contribution < -0.4 is 11.2 Å². The van der Waals surface area contributed by atoms with Crippen molar-refractivity contribution in [2.75, 3.05) is 13.1 Å². The average molecular weight is 392 g/mol. The number of piperidine rings is 1. The highest BCUT2D eigenvalue weighted by Crippen LogP contribution is 2.37. The van der Waals surface area contributed by atoms with Crippen LogP contribution in [0.1, 0.15) is 34.7 Å². The minimum atomic E-state index is -0.400. The third-order valence-electron chi connectivity index (χ3n) is 6.47. The van der Waals surface area contributed by atoms with E-state index in [9.17, 15) is 14.7 Å². The Hall–Kier alpha value is -2.86. The maximum absolute atomic E-state index is 12.2. The molecule has 2 bridgehead atoms. The van der Waals surface area contributed by atoms with E-state index in [4.69, 9.17) is 4.42 Å². The van der Waals surface area contributed by atoms with Gasteiger partial charge >= 0.3 is 5.63 Å². The zero-order chi connectivity index (χ0) is 20.3. The summed E-state index contributed by atoms with van der Waals surface area (Å²) in [5, 5.41) is 11.6. The highest BCUT2D eigenvalue weighted by Gasteiger charge is 2.34. The van der Waals surface area contributed by atoms with Crippen molar-refractivity contribution < 1.29 is 9.52 Å². The minimum absolute atomic E-state index is 0.0883. The number of aromatic nitrogens is 1. The molecule has 29 heavy (non-hydrogen) atoms. The Labute approximate surface area is 168 Å². The van der Waals surface area contributed by atoms with Gasteiger partial charge in [0.25, 0.3) is 5.56 Å². The number of aromatic hydroxyl groups is 1. The number of benzene rings is 1. The van der Waals surface area contributed by atoms with Gasteiger partial charge in [0.2, 0.25) is 0 Å². The molecule has 1 aromatic carbocycles. The molecule has 0 aliphatic carbocycles. The molecule has 2 unspecified atom stereocenters. The van der Waals surface area contributed by atoms with Gasteiger partial charge < -0.3 is 14.1 Å². The topological polar surface area (TPSA) is 75.7 Å². The first kappa shape index (κ1) is 18.2. The number of phenols is 1. The SMILES string of the molecule is Cc1cc(=O)oc2c(C)c(O)c(CN3CC4CC(C3)c3cccc(=O)n3C4)cc12. The summed E-state index contributed by atoms with van der Waals surface area (Å²) < 4.78 is 7.28. The summed E-state index contributed by atoms with van der Waals surface area (Å²) in [6.07, 6.45) is 1.10. The Morgan fingerprint density at radius 1 is 1.14 bits per heavy atom. The molecule has 1 N–H and O–H groups in total. The van der Waals surface area contributed by atoms with Gasteiger partial charge in [0.15, 0.2) is 0 Å². The lowest BCUT2D eigenvalue weighted by atomic mass is 9.83.